The quantitative estimate of drug-likeness (QED) is 0.764. The van der Waals surface area contributed by atoms with Gasteiger partial charge in [-0.15, -0.1) is 0 Å². The molecule has 0 bridgehead atoms. The second-order valence-electron chi connectivity index (χ2n) is 3.02. The first kappa shape index (κ1) is 9.71. The van der Waals surface area contributed by atoms with E-state index in [2.05, 4.69) is 10.3 Å². The predicted molar refractivity (Wildman–Crippen MR) is 51.5 cm³/mol. The van der Waals surface area contributed by atoms with E-state index in [4.69, 9.17) is 0 Å². The van der Waals surface area contributed by atoms with Crippen LogP contribution >= 0.6 is 0 Å². The van der Waals surface area contributed by atoms with Crippen LogP contribution in [0, 0.1) is 0 Å². The van der Waals surface area contributed by atoms with Gasteiger partial charge in [0.2, 0.25) is 0 Å². The molecule has 0 spiro atoms. The van der Waals surface area contributed by atoms with Crippen LogP contribution in [0.4, 0.5) is 0 Å². The third kappa shape index (κ3) is 2.86. The number of aromatic nitrogens is 1. The van der Waals surface area contributed by atoms with Gasteiger partial charge in [0.05, 0.1) is 5.56 Å². The fourth-order valence-electron chi connectivity index (χ4n) is 0.906. The zero-order valence-electron chi connectivity index (χ0n) is 7.95. The van der Waals surface area contributed by atoms with Crippen molar-refractivity contribution in [3.8, 4) is 0 Å². The molecule has 0 fully saturated rings. The SMILES string of the molecule is CC[C@H](C)NC(=O)c1cccnc1. The monoisotopic (exact) mass is 178 g/mol. The lowest BCUT2D eigenvalue weighted by Crippen LogP contribution is -2.31. The van der Waals surface area contributed by atoms with Crippen LogP contribution < -0.4 is 5.32 Å². The summed E-state index contributed by atoms with van der Waals surface area (Å²) in [5.74, 6) is -0.0533. The van der Waals surface area contributed by atoms with Gasteiger partial charge >= 0.3 is 0 Å². The number of pyridine rings is 1. The zero-order chi connectivity index (χ0) is 9.68. The summed E-state index contributed by atoms with van der Waals surface area (Å²) in [6, 6.07) is 3.73. The van der Waals surface area contributed by atoms with Crippen molar-refractivity contribution in [2.45, 2.75) is 26.3 Å². The molecular weight excluding hydrogens is 164 g/mol. The van der Waals surface area contributed by atoms with Crippen LogP contribution in [0.1, 0.15) is 30.6 Å². The largest absolute Gasteiger partial charge is 0.350 e. The Morgan fingerprint density at radius 2 is 2.46 bits per heavy atom. The number of nitrogens with one attached hydrogen (secondary N) is 1. The molecule has 3 heteroatoms. The summed E-state index contributed by atoms with van der Waals surface area (Å²) in [5, 5.41) is 2.87. The fraction of sp³-hybridized carbons (Fsp3) is 0.400. The molecule has 0 aliphatic rings. The number of amides is 1. The Labute approximate surface area is 78.2 Å². The van der Waals surface area contributed by atoms with Crippen LogP contribution in [0.3, 0.4) is 0 Å². The number of nitrogens with zero attached hydrogens (tertiary/aromatic N) is 1. The molecule has 0 aliphatic heterocycles. The van der Waals surface area contributed by atoms with E-state index in [1.807, 2.05) is 13.8 Å². The van der Waals surface area contributed by atoms with Gasteiger partial charge in [-0.2, -0.15) is 0 Å². The normalized spacial score (nSPS) is 12.2. The third-order valence-electron chi connectivity index (χ3n) is 1.91. The molecule has 0 aromatic carbocycles. The molecule has 0 radical (unpaired) electrons. The molecule has 0 aliphatic carbocycles. The lowest BCUT2D eigenvalue weighted by atomic mass is 10.2. The van der Waals surface area contributed by atoms with Crippen molar-refractivity contribution >= 4 is 5.91 Å². The minimum atomic E-state index is -0.0533. The Morgan fingerprint density at radius 3 is 3.00 bits per heavy atom. The van der Waals surface area contributed by atoms with Crippen molar-refractivity contribution in [1.82, 2.24) is 10.3 Å². The van der Waals surface area contributed by atoms with E-state index in [0.717, 1.165) is 6.42 Å². The van der Waals surface area contributed by atoms with E-state index in [1.54, 1.807) is 24.5 Å². The Hall–Kier alpha value is -1.38. The first-order valence-electron chi connectivity index (χ1n) is 4.45. The van der Waals surface area contributed by atoms with Crippen molar-refractivity contribution in [3.05, 3.63) is 30.1 Å². The zero-order valence-corrected chi connectivity index (χ0v) is 7.95. The van der Waals surface area contributed by atoms with Crippen LogP contribution in [0.25, 0.3) is 0 Å². The van der Waals surface area contributed by atoms with Crippen LogP contribution in [0.2, 0.25) is 0 Å². The third-order valence-corrected chi connectivity index (χ3v) is 1.91. The molecule has 1 heterocycles. The van der Waals surface area contributed by atoms with Gasteiger partial charge < -0.3 is 5.32 Å². The first-order valence-corrected chi connectivity index (χ1v) is 4.45. The van der Waals surface area contributed by atoms with E-state index < -0.39 is 0 Å². The molecular formula is C10H14N2O. The van der Waals surface area contributed by atoms with Crippen molar-refractivity contribution in [2.75, 3.05) is 0 Å². The molecule has 1 amide bonds. The highest BCUT2D eigenvalue weighted by atomic mass is 16.1. The van der Waals surface area contributed by atoms with E-state index in [1.165, 1.54) is 0 Å². The van der Waals surface area contributed by atoms with Crippen molar-refractivity contribution in [2.24, 2.45) is 0 Å². The van der Waals surface area contributed by atoms with Crippen LogP contribution in [0.15, 0.2) is 24.5 Å². The number of hydrogen-bond acceptors (Lipinski definition) is 2. The van der Waals surface area contributed by atoms with Crippen LogP contribution in [-0.2, 0) is 0 Å². The average molecular weight is 178 g/mol. The van der Waals surface area contributed by atoms with E-state index in [9.17, 15) is 4.79 Å². The molecule has 1 N–H and O–H groups in total. The van der Waals surface area contributed by atoms with Crippen molar-refractivity contribution in [1.29, 1.82) is 0 Å². The van der Waals surface area contributed by atoms with Gasteiger partial charge in [-0.05, 0) is 25.5 Å². The van der Waals surface area contributed by atoms with E-state index in [0.29, 0.717) is 5.56 Å². The molecule has 0 saturated carbocycles. The summed E-state index contributed by atoms with van der Waals surface area (Å²) in [4.78, 5) is 15.3. The highest BCUT2D eigenvalue weighted by Crippen LogP contribution is 1.97. The molecule has 3 nitrogen and oxygen atoms in total. The van der Waals surface area contributed by atoms with Gasteiger partial charge in [-0.1, -0.05) is 6.92 Å². The number of hydrogen-bond donors (Lipinski definition) is 1. The molecule has 1 atom stereocenters. The van der Waals surface area contributed by atoms with Gasteiger partial charge in [-0.25, -0.2) is 0 Å². The minimum Gasteiger partial charge on any atom is -0.350 e. The summed E-state index contributed by atoms with van der Waals surface area (Å²) in [6.45, 7) is 4.02. The second kappa shape index (κ2) is 4.60. The average Bonchev–Trinajstić information content (AvgIpc) is 2.19. The maximum atomic E-state index is 11.5. The smallest absolute Gasteiger partial charge is 0.253 e. The topological polar surface area (TPSA) is 42.0 Å². The summed E-state index contributed by atoms with van der Waals surface area (Å²) in [6.07, 6.45) is 4.16. The van der Waals surface area contributed by atoms with Crippen LogP contribution in [-0.4, -0.2) is 16.9 Å². The highest BCUT2D eigenvalue weighted by Gasteiger charge is 2.06. The van der Waals surface area contributed by atoms with Gasteiger partial charge in [0.15, 0.2) is 0 Å². The maximum Gasteiger partial charge on any atom is 0.253 e. The molecule has 13 heavy (non-hydrogen) atoms. The Balaban J connectivity index is 2.59. The van der Waals surface area contributed by atoms with Gasteiger partial charge in [0.25, 0.3) is 5.91 Å². The Morgan fingerprint density at radius 1 is 1.69 bits per heavy atom. The maximum absolute atomic E-state index is 11.5. The summed E-state index contributed by atoms with van der Waals surface area (Å²) in [5.41, 5.74) is 0.614. The van der Waals surface area contributed by atoms with Crippen molar-refractivity contribution < 1.29 is 4.79 Å². The fourth-order valence-corrected chi connectivity index (χ4v) is 0.906. The predicted octanol–water partition coefficient (Wildman–Crippen LogP) is 1.61. The summed E-state index contributed by atoms with van der Waals surface area (Å²) >= 11 is 0. The van der Waals surface area contributed by atoms with Gasteiger partial charge in [0, 0.05) is 18.4 Å². The first-order chi connectivity index (χ1) is 6.24. The molecule has 0 unspecified atom stereocenters. The lowest BCUT2D eigenvalue weighted by molar-refractivity contribution is 0.0939. The molecule has 70 valence electrons. The molecule has 0 saturated heterocycles. The number of carbonyl (C=O) groups is 1. The molecule has 1 aromatic rings. The standard InChI is InChI=1S/C10H14N2O/c1-3-8(2)12-10(13)9-5-4-6-11-7-9/h4-8H,3H2,1-2H3,(H,12,13)/t8-/m0/s1. The number of rotatable bonds is 3. The highest BCUT2D eigenvalue weighted by molar-refractivity contribution is 5.93. The summed E-state index contributed by atoms with van der Waals surface area (Å²) in [7, 11) is 0. The minimum absolute atomic E-state index is 0.0533. The van der Waals surface area contributed by atoms with Gasteiger partial charge in [-0.3, -0.25) is 9.78 Å². The lowest BCUT2D eigenvalue weighted by Gasteiger charge is -2.10. The molecule has 1 aromatic heterocycles. The number of carbonyl (C=O) groups excluding carboxylic acids is 1. The molecule has 1 rings (SSSR count). The summed E-state index contributed by atoms with van der Waals surface area (Å²) < 4.78 is 0. The van der Waals surface area contributed by atoms with Crippen molar-refractivity contribution in [3.63, 3.8) is 0 Å². The second-order valence-corrected chi connectivity index (χ2v) is 3.02. The van der Waals surface area contributed by atoms with Crippen LogP contribution in [0.5, 0.6) is 0 Å². The van der Waals surface area contributed by atoms with E-state index >= 15 is 0 Å². The Bertz CT molecular complexity index is 272. The van der Waals surface area contributed by atoms with E-state index in [-0.39, 0.29) is 11.9 Å². The van der Waals surface area contributed by atoms with Gasteiger partial charge in [0.1, 0.15) is 0 Å². The Kier molecular flexibility index (Phi) is 3.43.